The van der Waals surface area contributed by atoms with Crippen LogP contribution >= 0.6 is 11.3 Å². The summed E-state index contributed by atoms with van der Waals surface area (Å²) in [5.41, 5.74) is 2.46. The molecule has 33 heavy (non-hydrogen) atoms. The number of halogens is 3. The zero-order chi connectivity index (χ0) is 24.4. The fourth-order valence-corrected chi connectivity index (χ4v) is 5.28. The van der Waals surface area contributed by atoms with Gasteiger partial charge in [-0.2, -0.15) is 13.2 Å². The molecule has 0 radical (unpaired) electrons. The zero-order valence-corrected chi connectivity index (χ0v) is 19.9. The number of ether oxygens (including phenoxy) is 1. The van der Waals surface area contributed by atoms with Gasteiger partial charge in [0.25, 0.3) is 0 Å². The van der Waals surface area contributed by atoms with E-state index in [2.05, 4.69) is 13.8 Å². The smallest absolute Gasteiger partial charge is 0.416 e. The number of carboxylic acid groups (broad SMARTS) is 1. The van der Waals surface area contributed by atoms with E-state index >= 15 is 0 Å². The van der Waals surface area contributed by atoms with Gasteiger partial charge in [-0.05, 0) is 85.3 Å². The number of carbonyl (C=O) groups is 1. The lowest BCUT2D eigenvalue weighted by atomic mass is 9.81. The molecule has 0 fully saturated rings. The SMILES string of the molecule is CCC(CC)(COc1cc(C)c(-c2ccc(C(F)(F)F)cc2)c(C)c1)c1ccc(C(=O)O)s1. The van der Waals surface area contributed by atoms with Gasteiger partial charge in [-0.1, -0.05) is 26.0 Å². The van der Waals surface area contributed by atoms with Gasteiger partial charge in [0.15, 0.2) is 0 Å². The Hall–Kier alpha value is -2.80. The topological polar surface area (TPSA) is 46.5 Å². The molecule has 0 aliphatic carbocycles. The Balaban J connectivity index is 1.85. The van der Waals surface area contributed by atoms with Crippen LogP contribution in [0.1, 0.15) is 57.9 Å². The Kier molecular flexibility index (Phi) is 7.22. The molecule has 7 heteroatoms. The summed E-state index contributed by atoms with van der Waals surface area (Å²) in [6.45, 7) is 8.36. The third-order valence-electron chi connectivity index (χ3n) is 6.22. The van der Waals surface area contributed by atoms with Gasteiger partial charge in [-0.25, -0.2) is 4.79 Å². The van der Waals surface area contributed by atoms with Crippen LogP contribution in [0.15, 0.2) is 48.5 Å². The van der Waals surface area contributed by atoms with Gasteiger partial charge in [-0.3, -0.25) is 0 Å². The molecule has 3 rings (SSSR count). The summed E-state index contributed by atoms with van der Waals surface area (Å²) in [5, 5.41) is 9.28. The highest BCUT2D eigenvalue weighted by molar-refractivity contribution is 7.14. The van der Waals surface area contributed by atoms with Crippen LogP contribution in [0.2, 0.25) is 0 Å². The van der Waals surface area contributed by atoms with Crippen molar-refractivity contribution in [3.8, 4) is 16.9 Å². The Morgan fingerprint density at radius 1 is 0.970 bits per heavy atom. The highest BCUT2D eigenvalue weighted by Crippen LogP contribution is 2.38. The van der Waals surface area contributed by atoms with Crippen molar-refractivity contribution in [2.24, 2.45) is 0 Å². The third kappa shape index (κ3) is 5.24. The van der Waals surface area contributed by atoms with Gasteiger partial charge in [0.05, 0.1) is 12.2 Å². The first kappa shape index (κ1) is 24.8. The lowest BCUT2D eigenvalue weighted by molar-refractivity contribution is -0.137. The molecule has 0 atom stereocenters. The Bertz CT molecular complexity index is 1100. The molecule has 0 spiro atoms. The quantitative estimate of drug-likeness (QED) is 0.360. The van der Waals surface area contributed by atoms with Crippen molar-refractivity contribution in [3.63, 3.8) is 0 Å². The predicted octanol–water partition coefficient (Wildman–Crippen LogP) is 7.89. The molecule has 1 aromatic heterocycles. The van der Waals surface area contributed by atoms with Crippen molar-refractivity contribution < 1.29 is 27.8 Å². The lowest BCUT2D eigenvalue weighted by Crippen LogP contribution is -2.31. The molecule has 176 valence electrons. The Labute approximate surface area is 195 Å². The largest absolute Gasteiger partial charge is 0.493 e. The Morgan fingerprint density at radius 2 is 1.55 bits per heavy atom. The number of hydrogen-bond donors (Lipinski definition) is 1. The predicted molar refractivity (Wildman–Crippen MR) is 125 cm³/mol. The van der Waals surface area contributed by atoms with E-state index in [1.54, 1.807) is 6.07 Å². The summed E-state index contributed by atoms with van der Waals surface area (Å²) in [4.78, 5) is 12.6. The highest BCUT2D eigenvalue weighted by atomic mass is 32.1. The number of benzene rings is 2. The summed E-state index contributed by atoms with van der Waals surface area (Å²) in [6.07, 6.45) is -2.77. The van der Waals surface area contributed by atoms with Crippen LogP contribution in [-0.2, 0) is 11.6 Å². The van der Waals surface area contributed by atoms with Crippen molar-refractivity contribution in [3.05, 3.63) is 75.0 Å². The second-order valence-electron chi connectivity index (χ2n) is 8.25. The summed E-state index contributed by atoms with van der Waals surface area (Å²) >= 11 is 1.28. The fraction of sp³-hybridized carbons (Fsp3) is 0.346. The molecule has 0 unspecified atom stereocenters. The molecule has 3 nitrogen and oxygen atoms in total. The van der Waals surface area contributed by atoms with E-state index in [-0.39, 0.29) is 5.41 Å². The first-order chi connectivity index (χ1) is 15.5. The molecule has 0 aliphatic rings. The minimum absolute atomic E-state index is 0.299. The van der Waals surface area contributed by atoms with Gasteiger partial charge in [0, 0.05) is 10.3 Å². The van der Waals surface area contributed by atoms with Gasteiger partial charge in [-0.15, -0.1) is 11.3 Å². The molecule has 1 heterocycles. The van der Waals surface area contributed by atoms with Crippen molar-refractivity contribution in [2.75, 3.05) is 6.61 Å². The summed E-state index contributed by atoms with van der Waals surface area (Å²) in [5.74, 6) is -0.250. The monoisotopic (exact) mass is 476 g/mol. The van der Waals surface area contributed by atoms with E-state index in [0.29, 0.717) is 17.2 Å². The van der Waals surface area contributed by atoms with Gasteiger partial charge in [0.1, 0.15) is 10.6 Å². The molecule has 3 aromatic rings. The normalized spacial score (nSPS) is 12.1. The number of carboxylic acids is 1. The van der Waals surface area contributed by atoms with E-state index < -0.39 is 17.7 Å². The number of aromatic carboxylic acids is 1. The maximum atomic E-state index is 12.9. The average molecular weight is 477 g/mol. The molecular formula is C26H27F3O3S. The number of rotatable bonds is 8. The van der Waals surface area contributed by atoms with Crippen molar-refractivity contribution in [1.29, 1.82) is 0 Å². The second kappa shape index (κ2) is 9.59. The molecule has 0 bridgehead atoms. The van der Waals surface area contributed by atoms with E-state index in [9.17, 15) is 23.1 Å². The molecule has 0 saturated carbocycles. The molecule has 1 N–H and O–H groups in total. The van der Waals surface area contributed by atoms with Crippen LogP contribution in [0.4, 0.5) is 13.2 Å². The maximum Gasteiger partial charge on any atom is 0.416 e. The standard InChI is InChI=1S/C26H27F3O3S/c1-5-25(6-2,22-12-11-21(33-22)24(30)31)15-32-20-13-16(3)23(17(4)14-20)18-7-9-19(10-8-18)26(27,28)29/h7-14H,5-6,15H2,1-4H3,(H,30,31). The summed E-state index contributed by atoms with van der Waals surface area (Å²) in [6, 6.07) is 12.5. The molecule has 0 saturated heterocycles. The first-order valence-electron chi connectivity index (χ1n) is 10.8. The molecule has 0 aliphatic heterocycles. The van der Waals surface area contributed by atoms with Gasteiger partial charge < -0.3 is 9.84 Å². The Morgan fingerprint density at radius 3 is 2.00 bits per heavy atom. The molecular weight excluding hydrogens is 449 g/mol. The minimum atomic E-state index is -4.36. The summed E-state index contributed by atoms with van der Waals surface area (Å²) in [7, 11) is 0. The maximum absolute atomic E-state index is 12.9. The van der Waals surface area contributed by atoms with E-state index in [1.807, 2.05) is 32.0 Å². The first-order valence-corrected chi connectivity index (χ1v) is 11.6. The number of aryl methyl sites for hydroxylation is 2. The minimum Gasteiger partial charge on any atom is -0.493 e. The van der Waals surface area contributed by atoms with Crippen molar-refractivity contribution in [1.82, 2.24) is 0 Å². The molecule has 2 aromatic carbocycles. The number of alkyl halides is 3. The number of hydrogen-bond acceptors (Lipinski definition) is 3. The second-order valence-corrected chi connectivity index (χ2v) is 9.34. The summed E-state index contributed by atoms with van der Waals surface area (Å²) < 4.78 is 44.9. The average Bonchev–Trinajstić information content (AvgIpc) is 3.25. The van der Waals surface area contributed by atoms with Crippen LogP contribution in [0, 0.1) is 13.8 Å². The van der Waals surface area contributed by atoms with Crippen LogP contribution < -0.4 is 4.74 Å². The zero-order valence-electron chi connectivity index (χ0n) is 19.0. The van der Waals surface area contributed by atoms with Crippen molar-refractivity contribution >= 4 is 17.3 Å². The molecule has 0 amide bonds. The van der Waals surface area contributed by atoms with Crippen LogP contribution in [-0.4, -0.2) is 17.7 Å². The fourth-order valence-electron chi connectivity index (χ4n) is 4.12. The lowest BCUT2D eigenvalue weighted by Gasteiger charge is -2.31. The highest BCUT2D eigenvalue weighted by Gasteiger charge is 2.32. The van der Waals surface area contributed by atoms with E-state index in [4.69, 9.17) is 4.74 Å². The third-order valence-corrected chi connectivity index (χ3v) is 7.53. The van der Waals surface area contributed by atoms with Crippen LogP contribution in [0.25, 0.3) is 11.1 Å². The van der Waals surface area contributed by atoms with Gasteiger partial charge in [0.2, 0.25) is 0 Å². The van der Waals surface area contributed by atoms with Crippen LogP contribution in [0.5, 0.6) is 5.75 Å². The van der Waals surface area contributed by atoms with Crippen LogP contribution in [0.3, 0.4) is 0 Å². The number of thiophene rings is 1. The van der Waals surface area contributed by atoms with E-state index in [1.165, 1.54) is 23.5 Å². The van der Waals surface area contributed by atoms with E-state index in [0.717, 1.165) is 52.1 Å². The van der Waals surface area contributed by atoms with Gasteiger partial charge >= 0.3 is 12.1 Å². The van der Waals surface area contributed by atoms with Crippen molar-refractivity contribution in [2.45, 2.75) is 52.1 Å².